The molecule has 342 valence electrons. The summed E-state index contributed by atoms with van der Waals surface area (Å²) >= 11 is 1.43. The number of carboxylic acids is 1. The van der Waals surface area contributed by atoms with Crippen molar-refractivity contribution in [3.8, 4) is 22.9 Å². The van der Waals surface area contributed by atoms with Crippen molar-refractivity contribution in [1.82, 2.24) is 25.5 Å². The topological polar surface area (TPSA) is 217 Å². The average Bonchev–Trinajstić information content (AvgIpc) is 3.67. The van der Waals surface area contributed by atoms with Crippen LogP contribution in [0.25, 0.3) is 22.3 Å². The van der Waals surface area contributed by atoms with E-state index in [9.17, 15) is 28.8 Å². The van der Waals surface area contributed by atoms with Gasteiger partial charge in [-0.1, -0.05) is 25.0 Å². The zero-order chi connectivity index (χ0) is 44.7. The Morgan fingerprint density at radius 3 is 2.51 bits per heavy atom. The minimum atomic E-state index is -3.53. The van der Waals surface area contributed by atoms with Gasteiger partial charge in [-0.25, -0.2) is 19.6 Å². The summed E-state index contributed by atoms with van der Waals surface area (Å²) in [5, 5.41) is 22.5. The standard InChI is InChI=1S/C44H59N6O11PS/c1-5-58-62(56,59-6-2)26-57-30-18-19-32-34(20-30)46-35(36-25-63-42(47-36)45-27(3)4)22-38(32)60-31-21-37-39(51)49-44(41(53)54)23-28(44)14-10-8-7-9-11-17-33(40(52)50(37)24-31)48-43(55)61-29-15-12-13-16-29/h10,14,18-20,22,25,27-29,31,33,37H,5-9,11-13,15-17,21,23-24,26H2,1-4H3,(H,45,47)(H,48,55)(H,49,51)(H,53,54)/t28-,31-,33+,37+,44-/m1/s1. The van der Waals surface area contributed by atoms with Crippen LogP contribution < -0.4 is 25.4 Å². The molecule has 2 aromatic heterocycles. The maximum Gasteiger partial charge on any atom is 0.408 e. The molecule has 2 saturated carbocycles. The summed E-state index contributed by atoms with van der Waals surface area (Å²) in [5.74, 6) is -1.85. The number of nitrogens with one attached hydrogen (secondary N) is 3. The van der Waals surface area contributed by atoms with Crippen LogP contribution >= 0.6 is 18.9 Å². The SMILES string of the molecule is CCOP(=O)(COc1ccc2c(O[C@@H]3C[C@H]4C(=O)N[C@]5(C(=O)O)C[C@H]5C=CCCCCC[C@H](NC(=O)OC5CCCC5)C(=O)N4C3)cc(-c3csc(NC(C)C)n3)nc2c1)OCC. The second-order valence-corrected chi connectivity index (χ2v) is 19.7. The van der Waals surface area contributed by atoms with Crippen molar-refractivity contribution in [1.29, 1.82) is 0 Å². The van der Waals surface area contributed by atoms with Gasteiger partial charge in [0, 0.05) is 41.3 Å². The Bertz CT molecular complexity index is 2200. The third kappa shape index (κ3) is 11.3. The van der Waals surface area contributed by atoms with Crippen molar-refractivity contribution in [2.24, 2.45) is 5.92 Å². The first-order valence-electron chi connectivity index (χ1n) is 22.1. The van der Waals surface area contributed by atoms with Crippen molar-refractivity contribution in [2.75, 3.05) is 31.4 Å². The summed E-state index contributed by atoms with van der Waals surface area (Å²) in [6.07, 6.45) is 8.91. The van der Waals surface area contributed by atoms with E-state index in [2.05, 4.69) is 16.0 Å². The van der Waals surface area contributed by atoms with Gasteiger partial charge < -0.3 is 49.2 Å². The van der Waals surface area contributed by atoms with Crippen LogP contribution in [-0.4, -0.2) is 106 Å². The maximum absolute atomic E-state index is 14.7. The summed E-state index contributed by atoms with van der Waals surface area (Å²) < 4.78 is 42.5. The normalized spacial score (nSPS) is 24.6. The molecule has 3 fully saturated rings. The molecule has 0 unspecified atom stereocenters. The number of carbonyl (C=O) groups is 4. The summed E-state index contributed by atoms with van der Waals surface area (Å²) in [7, 11) is -3.53. The molecule has 3 aromatic rings. The fraction of sp³-hybridized carbons (Fsp3) is 0.591. The number of hydrogen-bond donors (Lipinski definition) is 4. The Labute approximate surface area is 371 Å². The Morgan fingerprint density at radius 2 is 1.78 bits per heavy atom. The van der Waals surface area contributed by atoms with Crippen LogP contribution in [0.1, 0.15) is 98.3 Å². The number of nitrogens with zero attached hydrogens (tertiary/aromatic N) is 3. The van der Waals surface area contributed by atoms with Crippen molar-refractivity contribution in [2.45, 2.75) is 134 Å². The van der Waals surface area contributed by atoms with E-state index in [1.54, 1.807) is 38.1 Å². The van der Waals surface area contributed by atoms with Gasteiger partial charge >= 0.3 is 19.7 Å². The number of ether oxygens (including phenoxy) is 3. The molecule has 1 aromatic carbocycles. The van der Waals surface area contributed by atoms with Crippen molar-refractivity contribution in [3.63, 3.8) is 0 Å². The fourth-order valence-electron chi connectivity index (χ4n) is 8.52. The number of allylic oxidation sites excluding steroid dienone is 1. The molecule has 5 atom stereocenters. The lowest BCUT2D eigenvalue weighted by Crippen LogP contribution is -2.56. The first-order chi connectivity index (χ1) is 30.3. The second-order valence-electron chi connectivity index (χ2n) is 16.9. The molecule has 19 heteroatoms. The number of rotatable bonds is 15. The van der Waals surface area contributed by atoms with Crippen LogP contribution in [0.2, 0.25) is 0 Å². The Balaban J connectivity index is 1.21. The van der Waals surface area contributed by atoms with Gasteiger partial charge in [0.2, 0.25) is 11.8 Å². The van der Waals surface area contributed by atoms with E-state index in [-0.39, 0.29) is 57.0 Å². The van der Waals surface area contributed by atoms with Crippen LogP contribution in [-0.2, 0) is 32.7 Å². The number of aromatic nitrogens is 2. The third-order valence-electron chi connectivity index (χ3n) is 11.7. The third-order valence-corrected chi connectivity index (χ3v) is 14.3. The van der Waals surface area contributed by atoms with Crippen LogP contribution in [0.4, 0.5) is 9.93 Å². The minimum absolute atomic E-state index is 0.0280. The molecular formula is C44H59N6O11PS. The Hall–Kier alpha value is -4.77. The largest absolute Gasteiger partial charge is 0.488 e. The number of hydrogen-bond acceptors (Lipinski definition) is 14. The van der Waals surface area contributed by atoms with Gasteiger partial charge in [-0.2, -0.15) is 0 Å². The fourth-order valence-corrected chi connectivity index (χ4v) is 10.7. The molecule has 2 aliphatic carbocycles. The highest BCUT2D eigenvalue weighted by atomic mass is 32.1. The number of amides is 3. The highest BCUT2D eigenvalue weighted by molar-refractivity contribution is 7.53. The predicted octanol–water partition coefficient (Wildman–Crippen LogP) is 7.65. The summed E-state index contributed by atoms with van der Waals surface area (Å²) in [5.41, 5.74) is 0.0464. The van der Waals surface area contributed by atoms with Gasteiger partial charge in [0.1, 0.15) is 47.0 Å². The molecule has 1 saturated heterocycles. The lowest BCUT2D eigenvalue weighted by Gasteiger charge is -2.29. The smallest absolute Gasteiger partial charge is 0.408 e. The molecule has 0 spiro atoms. The summed E-state index contributed by atoms with van der Waals surface area (Å²) in [6.45, 7) is 7.81. The number of thiazole rings is 1. The molecule has 0 radical (unpaired) electrons. The molecule has 4 heterocycles. The van der Waals surface area contributed by atoms with E-state index in [4.69, 9.17) is 33.2 Å². The molecule has 7 rings (SSSR count). The number of carboxylic acid groups (broad SMARTS) is 1. The zero-order valence-corrected chi connectivity index (χ0v) is 38.0. The highest BCUT2D eigenvalue weighted by Gasteiger charge is 2.61. The van der Waals surface area contributed by atoms with Crippen molar-refractivity contribution < 1.29 is 52.1 Å². The second kappa shape index (κ2) is 20.4. The number of aliphatic carboxylic acids is 1. The van der Waals surface area contributed by atoms with E-state index in [0.29, 0.717) is 51.8 Å². The number of anilines is 1. The number of alkyl carbamates (subject to hydrolysis) is 1. The maximum atomic E-state index is 14.7. The molecule has 3 amide bonds. The van der Waals surface area contributed by atoms with Crippen LogP contribution in [0.15, 0.2) is 41.8 Å². The van der Waals surface area contributed by atoms with Gasteiger partial charge in [0.15, 0.2) is 11.5 Å². The van der Waals surface area contributed by atoms with Crippen molar-refractivity contribution in [3.05, 3.63) is 41.8 Å². The number of pyridine rings is 1. The first-order valence-corrected chi connectivity index (χ1v) is 24.7. The first kappa shape index (κ1) is 46.2. The van der Waals surface area contributed by atoms with E-state index in [1.165, 1.54) is 16.2 Å². The van der Waals surface area contributed by atoms with E-state index in [1.807, 2.05) is 31.4 Å². The molecule has 4 aliphatic rings. The van der Waals surface area contributed by atoms with Gasteiger partial charge in [0.25, 0.3) is 0 Å². The molecule has 63 heavy (non-hydrogen) atoms. The average molecular weight is 911 g/mol. The van der Waals surface area contributed by atoms with Crippen molar-refractivity contribution >= 4 is 58.8 Å². The van der Waals surface area contributed by atoms with Gasteiger partial charge in [-0.15, -0.1) is 11.3 Å². The van der Waals surface area contributed by atoms with E-state index >= 15 is 0 Å². The predicted molar refractivity (Wildman–Crippen MR) is 237 cm³/mol. The Morgan fingerprint density at radius 1 is 1.02 bits per heavy atom. The number of fused-ring (bicyclic) bond motifs is 3. The minimum Gasteiger partial charge on any atom is -0.488 e. The molecule has 0 bridgehead atoms. The molecular weight excluding hydrogens is 852 g/mol. The molecule has 2 aliphatic heterocycles. The van der Waals surface area contributed by atoms with Gasteiger partial charge in [-0.05, 0) is 91.2 Å². The lowest BCUT2D eigenvalue weighted by molar-refractivity contribution is -0.145. The number of carbonyl (C=O) groups excluding carboxylic acids is 3. The van der Waals surface area contributed by atoms with Gasteiger partial charge in [-0.3, -0.25) is 14.2 Å². The lowest BCUT2D eigenvalue weighted by atomic mass is 10.0. The zero-order valence-electron chi connectivity index (χ0n) is 36.3. The highest BCUT2D eigenvalue weighted by Crippen LogP contribution is 2.48. The van der Waals surface area contributed by atoms with Crippen LogP contribution in [0, 0.1) is 5.92 Å². The van der Waals surface area contributed by atoms with Gasteiger partial charge in [0.05, 0.1) is 31.0 Å². The quantitative estimate of drug-likeness (QED) is 0.0851. The van der Waals surface area contributed by atoms with Crippen LogP contribution in [0.3, 0.4) is 0 Å². The molecule has 17 nitrogen and oxygen atoms in total. The monoisotopic (exact) mass is 910 g/mol. The molecule has 4 N–H and O–H groups in total. The van der Waals surface area contributed by atoms with Crippen LogP contribution in [0.5, 0.6) is 11.5 Å². The van der Waals surface area contributed by atoms with E-state index < -0.39 is 55.2 Å². The van der Waals surface area contributed by atoms with E-state index in [0.717, 1.165) is 44.9 Å². The number of benzene rings is 1. The Kier molecular flexibility index (Phi) is 15.0. The summed E-state index contributed by atoms with van der Waals surface area (Å²) in [6, 6.07) is 4.96. The summed E-state index contributed by atoms with van der Waals surface area (Å²) in [4.78, 5) is 66.0.